The van der Waals surface area contributed by atoms with Gasteiger partial charge in [-0.2, -0.15) is 0 Å². The van der Waals surface area contributed by atoms with E-state index in [0.717, 1.165) is 18.4 Å². The molecule has 0 aliphatic heterocycles. The molecule has 3 rings (SSSR count). The second-order valence-electron chi connectivity index (χ2n) is 8.14. The third kappa shape index (κ3) is 5.10. The fourth-order valence-electron chi connectivity index (χ4n) is 2.77. The Kier molecular flexibility index (Phi) is 5.54. The average molecular weight is 396 g/mol. The number of nitrogens with zero attached hydrogens (tertiary/aromatic N) is 1. The lowest BCUT2D eigenvalue weighted by molar-refractivity contribution is -0.384. The van der Waals surface area contributed by atoms with Gasteiger partial charge in [-0.3, -0.25) is 30.6 Å². The minimum atomic E-state index is -0.634. The molecule has 2 amide bonds. The maximum atomic E-state index is 12.3. The van der Waals surface area contributed by atoms with Crippen molar-refractivity contribution in [2.45, 2.75) is 45.1 Å². The van der Waals surface area contributed by atoms with Crippen molar-refractivity contribution in [3.63, 3.8) is 0 Å². The molecule has 8 nitrogen and oxygen atoms in total. The molecule has 1 fully saturated rings. The zero-order chi connectivity index (χ0) is 21.2. The molecule has 1 saturated carbocycles. The lowest BCUT2D eigenvalue weighted by Gasteiger charge is -2.19. The highest BCUT2D eigenvalue weighted by Gasteiger charge is 2.25. The molecule has 8 heteroatoms. The second kappa shape index (κ2) is 7.90. The monoisotopic (exact) mass is 396 g/mol. The van der Waals surface area contributed by atoms with Crippen molar-refractivity contribution in [2.24, 2.45) is 0 Å². The van der Waals surface area contributed by atoms with Crippen LogP contribution in [0.4, 0.5) is 11.4 Å². The number of nitro benzene ring substituents is 1. The van der Waals surface area contributed by atoms with Crippen LogP contribution in [0.3, 0.4) is 0 Å². The fourth-order valence-corrected chi connectivity index (χ4v) is 2.77. The van der Waals surface area contributed by atoms with Gasteiger partial charge in [-0.15, -0.1) is 0 Å². The molecule has 0 radical (unpaired) electrons. The summed E-state index contributed by atoms with van der Waals surface area (Å²) in [6.45, 7) is 6.23. The van der Waals surface area contributed by atoms with Crippen LogP contribution in [0.2, 0.25) is 0 Å². The molecule has 0 spiro atoms. The Morgan fingerprint density at radius 1 is 0.966 bits per heavy atom. The van der Waals surface area contributed by atoms with Gasteiger partial charge in [0.1, 0.15) is 5.69 Å². The molecule has 0 aromatic heterocycles. The van der Waals surface area contributed by atoms with Crippen molar-refractivity contribution in [3.05, 3.63) is 69.3 Å². The van der Waals surface area contributed by atoms with E-state index in [-0.39, 0.29) is 22.7 Å². The summed E-state index contributed by atoms with van der Waals surface area (Å²) in [4.78, 5) is 35.4. The van der Waals surface area contributed by atoms with Crippen LogP contribution in [0.1, 0.15) is 59.9 Å². The number of benzene rings is 2. The van der Waals surface area contributed by atoms with Crippen LogP contribution in [-0.4, -0.2) is 22.8 Å². The van der Waals surface area contributed by atoms with Gasteiger partial charge in [0.05, 0.1) is 4.92 Å². The van der Waals surface area contributed by atoms with Gasteiger partial charge in [0.2, 0.25) is 0 Å². The highest BCUT2D eigenvalue weighted by molar-refractivity contribution is 5.99. The molecule has 0 saturated heterocycles. The summed E-state index contributed by atoms with van der Waals surface area (Å²) in [5, 5.41) is 14.4. The summed E-state index contributed by atoms with van der Waals surface area (Å²) in [6, 6.07) is 11.5. The van der Waals surface area contributed by atoms with E-state index in [1.54, 1.807) is 12.1 Å². The summed E-state index contributed by atoms with van der Waals surface area (Å²) in [7, 11) is 0. The van der Waals surface area contributed by atoms with Crippen molar-refractivity contribution in [1.29, 1.82) is 0 Å². The molecule has 0 atom stereocenters. The van der Waals surface area contributed by atoms with Gasteiger partial charge >= 0.3 is 0 Å². The van der Waals surface area contributed by atoms with Gasteiger partial charge in [0, 0.05) is 23.2 Å². The highest BCUT2D eigenvalue weighted by Crippen LogP contribution is 2.31. The third-order valence-corrected chi connectivity index (χ3v) is 4.70. The van der Waals surface area contributed by atoms with Gasteiger partial charge in [-0.05, 0) is 48.1 Å². The van der Waals surface area contributed by atoms with E-state index in [1.165, 1.54) is 18.2 Å². The standard InChI is InChI=1S/C21H24N4O4/c1-21(2,3)15-7-4-13(5-8-15)19(26)23-24-20(27)14-6-11-17(22-16-9-10-16)18(12-14)25(28)29/h4-8,11-12,16,22H,9-10H2,1-3H3,(H,23,26)(H,24,27). The Hall–Kier alpha value is -3.42. The summed E-state index contributed by atoms with van der Waals surface area (Å²) in [6.07, 6.45) is 1.95. The number of rotatable bonds is 5. The first-order valence-corrected chi connectivity index (χ1v) is 9.41. The number of amides is 2. The first kappa shape index (κ1) is 20.3. The van der Waals surface area contributed by atoms with Crippen LogP contribution in [0, 0.1) is 10.1 Å². The van der Waals surface area contributed by atoms with Gasteiger partial charge < -0.3 is 5.32 Å². The molecular weight excluding hydrogens is 372 g/mol. The molecule has 2 aromatic carbocycles. The van der Waals surface area contributed by atoms with Crippen molar-refractivity contribution < 1.29 is 14.5 Å². The number of hydrogen-bond donors (Lipinski definition) is 3. The second-order valence-corrected chi connectivity index (χ2v) is 8.14. The highest BCUT2D eigenvalue weighted by atomic mass is 16.6. The van der Waals surface area contributed by atoms with Crippen LogP contribution >= 0.6 is 0 Å². The first-order chi connectivity index (χ1) is 13.6. The first-order valence-electron chi connectivity index (χ1n) is 9.41. The number of carbonyl (C=O) groups is 2. The minimum Gasteiger partial charge on any atom is -0.377 e. The van der Waals surface area contributed by atoms with E-state index in [0.29, 0.717) is 11.3 Å². The van der Waals surface area contributed by atoms with E-state index < -0.39 is 16.7 Å². The summed E-state index contributed by atoms with van der Waals surface area (Å²) in [5.41, 5.74) is 6.39. The smallest absolute Gasteiger partial charge is 0.293 e. The number of anilines is 1. The predicted octanol–water partition coefficient (Wildman–Crippen LogP) is 3.54. The van der Waals surface area contributed by atoms with Crippen molar-refractivity contribution in [1.82, 2.24) is 10.9 Å². The molecule has 1 aliphatic carbocycles. The quantitative estimate of drug-likeness (QED) is 0.528. The van der Waals surface area contributed by atoms with E-state index in [1.807, 2.05) is 12.1 Å². The van der Waals surface area contributed by atoms with E-state index in [4.69, 9.17) is 0 Å². The Morgan fingerprint density at radius 3 is 2.03 bits per heavy atom. The summed E-state index contributed by atoms with van der Waals surface area (Å²) < 4.78 is 0. The van der Waals surface area contributed by atoms with Crippen LogP contribution in [0.5, 0.6) is 0 Å². The van der Waals surface area contributed by atoms with E-state index in [2.05, 4.69) is 36.9 Å². The number of hydrogen-bond acceptors (Lipinski definition) is 5. The van der Waals surface area contributed by atoms with Crippen LogP contribution < -0.4 is 16.2 Å². The average Bonchev–Trinajstić information content (AvgIpc) is 3.49. The molecule has 0 bridgehead atoms. The van der Waals surface area contributed by atoms with Crippen molar-refractivity contribution in [3.8, 4) is 0 Å². The van der Waals surface area contributed by atoms with Crippen molar-refractivity contribution >= 4 is 23.2 Å². The normalized spacial score (nSPS) is 13.5. The molecule has 1 aliphatic rings. The fraction of sp³-hybridized carbons (Fsp3) is 0.333. The number of hydrazine groups is 1. The zero-order valence-corrected chi connectivity index (χ0v) is 16.6. The summed E-state index contributed by atoms with van der Waals surface area (Å²) in [5.74, 6) is -1.11. The Morgan fingerprint density at radius 2 is 1.52 bits per heavy atom. The Bertz CT molecular complexity index is 944. The molecule has 0 unspecified atom stereocenters. The SMILES string of the molecule is CC(C)(C)c1ccc(C(=O)NNC(=O)c2ccc(NC3CC3)c([N+](=O)[O-])c2)cc1. The van der Waals surface area contributed by atoms with Gasteiger partial charge in [0.25, 0.3) is 17.5 Å². The lowest BCUT2D eigenvalue weighted by Crippen LogP contribution is -2.41. The molecule has 152 valence electrons. The van der Waals surface area contributed by atoms with Gasteiger partial charge in [-0.25, -0.2) is 0 Å². The molecule has 29 heavy (non-hydrogen) atoms. The topological polar surface area (TPSA) is 113 Å². The van der Waals surface area contributed by atoms with Crippen molar-refractivity contribution in [2.75, 3.05) is 5.32 Å². The maximum absolute atomic E-state index is 12.3. The predicted molar refractivity (Wildman–Crippen MR) is 110 cm³/mol. The third-order valence-electron chi connectivity index (χ3n) is 4.70. The number of nitrogens with one attached hydrogen (secondary N) is 3. The molecule has 0 heterocycles. The maximum Gasteiger partial charge on any atom is 0.293 e. The molecule has 3 N–H and O–H groups in total. The van der Waals surface area contributed by atoms with Gasteiger partial charge in [-0.1, -0.05) is 32.9 Å². The number of nitro groups is 1. The zero-order valence-electron chi connectivity index (χ0n) is 16.6. The molecular formula is C21H24N4O4. The van der Waals surface area contributed by atoms with E-state index in [9.17, 15) is 19.7 Å². The molecule has 2 aromatic rings. The number of carbonyl (C=O) groups excluding carboxylic acids is 2. The lowest BCUT2D eigenvalue weighted by atomic mass is 9.87. The summed E-state index contributed by atoms with van der Waals surface area (Å²) >= 11 is 0. The van der Waals surface area contributed by atoms with Crippen LogP contribution in [0.15, 0.2) is 42.5 Å². The Balaban J connectivity index is 1.64. The minimum absolute atomic E-state index is 0.0293. The largest absolute Gasteiger partial charge is 0.377 e. The van der Waals surface area contributed by atoms with Gasteiger partial charge in [0.15, 0.2) is 0 Å². The van der Waals surface area contributed by atoms with Crippen LogP contribution in [-0.2, 0) is 5.41 Å². The van der Waals surface area contributed by atoms with E-state index >= 15 is 0 Å². The Labute approximate surface area is 168 Å². The van der Waals surface area contributed by atoms with Crippen LogP contribution in [0.25, 0.3) is 0 Å².